The Kier molecular flexibility index (Phi) is 6.60. The fourth-order valence-electron chi connectivity index (χ4n) is 6.21. The summed E-state index contributed by atoms with van der Waals surface area (Å²) in [5.74, 6) is 2.03. The van der Waals surface area contributed by atoms with Crippen molar-refractivity contribution in [1.29, 1.82) is 0 Å². The Morgan fingerprint density at radius 3 is 2.79 bits per heavy atom. The van der Waals surface area contributed by atoms with E-state index < -0.39 is 11.5 Å². The molecule has 6 rings (SSSR count). The summed E-state index contributed by atoms with van der Waals surface area (Å²) in [6.45, 7) is 5.35. The quantitative estimate of drug-likeness (QED) is 0.423. The van der Waals surface area contributed by atoms with Crippen LogP contribution in [0.3, 0.4) is 0 Å². The molecule has 0 bridgehead atoms. The minimum Gasteiger partial charge on any atom is -0.490 e. The molecule has 3 aromatic rings. The molecular weight excluding hydrogens is 480 g/mol. The van der Waals surface area contributed by atoms with Gasteiger partial charge in [-0.25, -0.2) is 4.98 Å². The number of aromatic amines is 1. The number of benzene rings is 2. The van der Waals surface area contributed by atoms with E-state index in [1.54, 1.807) is 0 Å². The summed E-state index contributed by atoms with van der Waals surface area (Å²) >= 11 is 0. The number of carbonyl (C=O) groups is 2. The number of likely N-dealkylation sites (N-methyl/N-ethyl adjacent to an activating group) is 1. The number of hydrogen-bond donors (Lipinski definition) is 3. The molecule has 3 N–H and O–H groups in total. The molecule has 1 saturated heterocycles. The van der Waals surface area contributed by atoms with Crippen LogP contribution in [0.4, 0.5) is 0 Å². The maximum atomic E-state index is 13.8. The predicted octanol–water partition coefficient (Wildman–Crippen LogP) is 3.75. The lowest BCUT2D eigenvalue weighted by molar-refractivity contribution is -0.134. The lowest BCUT2D eigenvalue weighted by atomic mass is 9.76. The first-order valence-electron chi connectivity index (χ1n) is 13.9. The number of imidazole rings is 1. The average Bonchev–Trinajstić information content (AvgIpc) is 3.60. The van der Waals surface area contributed by atoms with Crippen molar-refractivity contribution in [3.05, 3.63) is 59.4 Å². The number of rotatable bonds is 8. The van der Waals surface area contributed by atoms with Crippen molar-refractivity contribution in [2.45, 2.75) is 69.4 Å². The first-order valence-corrected chi connectivity index (χ1v) is 13.9. The van der Waals surface area contributed by atoms with Crippen LogP contribution in [0.5, 0.6) is 5.75 Å². The van der Waals surface area contributed by atoms with E-state index in [0.29, 0.717) is 26.2 Å². The third-order valence-electron chi connectivity index (χ3n) is 8.69. The molecule has 3 heterocycles. The minimum absolute atomic E-state index is 0.0762. The Morgan fingerprint density at radius 1 is 1.21 bits per heavy atom. The third kappa shape index (κ3) is 4.34. The van der Waals surface area contributed by atoms with Gasteiger partial charge >= 0.3 is 0 Å². The van der Waals surface area contributed by atoms with E-state index in [9.17, 15) is 9.59 Å². The predicted molar refractivity (Wildman–Crippen MR) is 144 cm³/mol. The van der Waals surface area contributed by atoms with Gasteiger partial charge in [-0.1, -0.05) is 30.7 Å². The van der Waals surface area contributed by atoms with E-state index in [-0.39, 0.29) is 29.8 Å². The summed E-state index contributed by atoms with van der Waals surface area (Å²) < 4.78 is 11.8. The molecule has 8 heteroatoms. The van der Waals surface area contributed by atoms with E-state index >= 15 is 0 Å². The Morgan fingerprint density at radius 2 is 2.05 bits per heavy atom. The molecule has 38 heavy (non-hydrogen) atoms. The van der Waals surface area contributed by atoms with Crippen molar-refractivity contribution in [2.75, 3.05) is 19.8 Å². The van der Waals surface area contributed by atoms with Gasteiger partial charge in [-0.3, -0.25) is 9.59 Å². The van der Waals surface area contributed by atoms with Gasteiger partial charge in [-0.2, -0.15) is 0 Å². The molecule has 2 fully saturated rings. The second-order valence-corrected chi connectivity index (χ2v) is 11.0. The summed E-state index contributed by atoms with van der Waals surface area (Å²) in [4.78, 5) is 35.0. The van der Waals surface area contributed by atoms with Gasteiger partial charge in [0.25, 0.3) is 0 Å². The van der Waals surface area contributed by atoms with Crippen LogP contribution in [-0.2, 0) is 26.2 Å². The fraction of sp³-hybridized carbons (Fsp3) is 0.500. The number of fused-ring (bicyclic) bond motifs is 2. The topological polar surface area (TPSA) is 105 Å². The SMILES string of the molecule is CCNC(=O)[C@H](NC(=O)C1(c2ccc3nc(C[C@H]4c5ccccc5OC4C)[nH]c3c2)CCOC1)C1CCC1. The van der Waals surface area contributed by atoms with Gasteiger partial charge in [0.15, 0.2) is 0 Å². The molecule has 4 atom stereocenters. The maximum absolute atomic E-state index is 13.8. The van der Waals surface area contributed by atoms with Gasteiger partial charge in [-0.15, -0.1) is 0 Å². The Bertz CT molecular complexity index is 1340. The highest BCUT2D eigenvalue weighted by Crippen LogP contribution is 2.40. The molecule has 1 aliphatic carbocycles. The molecule has 3 aliphatic rings. The number of carbonyl (C=O) groups excluding carboxylic acids is 2. The highest BCUT2D eigenvalue weighted by molar-refractivity contribution is 5.94. The van der Waals surface area contributed by atoms with Crippen molar-refractivity contribution in [2.24, 2.45) is 5.92 Å². The van der Waals surface area contributed by atoms with Gasteiger partial charge in [0.05, 0.1) is 23.1 Å². The zero-order valence-electron chi connectivity index (χ0n) is 22.1. The van der Waals surface area contributed by atoms with Crippen LogP contribution in [0.25, 0.3) is 11.0 Å². The zero-order valence-corrected chi connectivity index (χ0v) is 22.1. The van der Waals surface area contributed by atoms with Crippen molar-refractivity contribution in [3.8, 4) is 5.75 Å². The van der Waals surface area contributed by atoms with Gasteiger partial charge in [0.2, 0.25) is 11.8 Å². The lowest BCUT2D eigenvalue weighted by Crippen LogP contribution is -2.57. The normalized spacial score (nSPS) is 25.4. The second-order valence-electron chi connectivity index (χ2n) is 11.0. The van der Waals surface area contributed by atoms with Crippen LogP contribution in [0.1, 0.15) is 62.4 Å². The highest BCUT2D eigenvalue weighted by Gasteiger charge is 2.46. The van der Waals surface area contributed by atoms with Gasteiger partial charge in [0, 0.05) is 31.1 Å². The summed E-state index contributed by atoms with van der Waals surface area (Å²) in [5.41, 5.74) is 3.04. The lowest BCUT2D eigenvalue weighted by Gasteiger charge is -2.36. The van der Waals surface area contributed by atoms with E-state index in [0.717, 1.165) is 53.9 Å². The zero-order chi connectivity index (χ0) is 26.3. The summed E-state index contributed by atoms with van der Waals surface area (Å²) in [5, 5.41) is 6.03. The number of aromatic nitrogens is 2. The minimum atomic E-state index is -0.833. The number of nitrogens with one attached hydrogen (secondary N) is 3. The van der Waals surface area contributed by atoms with Gasteiger partial charge < -0.3 is 25.1 Å². The standard InChI is InChI=1S/C30H36N4O4/c1-3-31-28(35)27(19-7-6-8-19)34-29(36)30(13-14-37-17-30)20-11-12-23-24(15-20)33-26(32-23)16-22-18(2)38-25-10-5-4-9-21(22)25/h4-5,9-12,15,18-19,22,27H,3,6-8,13-14,16-17H2,1-2H3,(H,31,35)(H,32,33)(H,34,36)/t18?,22-,27-,30?/m1/s1. The fourth-order valence-corrected chi connectivity index (χ4v) is 6.21. The average molecular weight is 517 g/mol. The maximum Gasteiger partial charge on any atom is 0.242 e. The van der Waals surface area contributed by atoms with E-state index in [2.05, 4.69) is 28.6 Å². The molecule has 0 spiro atoms. The molecular formula is C30H36N4O4. The number of para-hydroxylation sites is 1. The molecule has 8 nitrogen and oxygen atoms in total. The monoisotopic (exact) mass is 516 g/mol. The molecule has 2 aromatic carbocycles. The largest absolute Gasteiger partial charge is 0.490 e. The first kappa shape index (κ1) is 24.9. The third-order valence-corrected chi connectivity index (χ3v) is 8.69. The molecule has 2 unspecified atom stereocenters. The van der Waals surface area contributed by atoms with Crippen molar-refractivity contribution in [1.82, 2.24) is 20.6 Å². The van der Waals surface area contributed by atoms with Crippen LogP contribution in [0.15, 0.2) is 42.5 Å². The second kappa shape index (κ2) is 10.1. The van der Waals surface area contributed by atoms with Crippen LogP contribution in [-0.4, -0.2) is 53.7 Å². The Balaban J connectivity index is 1.26. The number of ether oxygens (including phenoxy) is 2. The number of amides is 2. The molecule has 2 aliphatic heterocycles. The van der Waals surface area contributed by atoms with E-state index in [1.165, 1.54) is 5.56 Å². The van der Waals surface area contributed by atoms with Crippen molar-refractivity contribution >= 4 is 22.8 Å². The molecule has 1 aromatic heterocycles. The van der Waals surface area contributed by atoms with Crippen LogP contribution in [0.2, 0.25) is 0 Å². The van der Waals surface area contributed by atoms with E-state index in [4.69, 9.17) is 14.5 Å². The Hall–Kier alpha value is -3.39. The summed E-state index contributed by atoms with van der Waals surface area (Å²) in [6.07, 6.45) is 4.42. The van der Waals surface area contributed by atoms with Crippen LogP contribution >= 0.6 is 0 Å². The highest BCUT2D eigenvalue weighted by atomic mass is 16.5. The summed E-state index contributed by atoms with van der Waals surface area (Å²) in [6, 6.07) is 13.7. The van der Waals surface area contributed by atoms with Crippen molar-refractivity contribution < 1.29 is 19.1 Å². The molecule has 1 saturated carbocycles. The molecule has 2 amide bonds. The molecule has 0 radical (unpaired) electrons. The number of hydrogen-bond acceptors (Lipinski definition) is 5. The van der Waals surface area contributed by atoms with E-state index in [1.807, 2.05) is 43.3 Å². The summed E-state index contributed by atoms with van der Waals surface area (Å²) in [7, 11) is 0. The number of nitrogens with zero attached hydrogens (tertiary/aromatic N) is 1. The number of H-pyrrole nitrogens is 1. The van der Waals surface area contributed by atoms with Gasteiger partial charge in [-0.05, 0) is 62.8 Å². The van der Waals surface area contributed by atoms with Crippen LogP contribution in [0, 0.1) is 5.92 Å². The Labute approximate surface area is 222 Å². The van der Waals surface area contributed by atoms with Crippen LogP contribution < -0.4 is 15.4 Å². The smallest absolute Gasteiger partial charge is 0.242 e. The van der Waals surface area contributed by atoms with Crippen molar-refractivity contribution in [3.63, 3.8) is 0 Å². The van der Waals surface area contributed by atoms with Gasteiger partial charge in [0.1, 0.15) is 23.7 Å². The first-order chi connectivity index (χ1) is 18.5. The molecule has 200 valence electrons.